The summed E-state index contributed by atoms with van der Waals surface area (Å²) in [5, 5.41) is 10.1. The number of para-hydroxylation sites is 1. The SMILES string of the molecule is O=c1c2ccccc2nc(C2CCCN2Cc2cccnc2)n1CCO. The minimum absolute atomic E-state index is 0.0686. The number of fused-ring (bicyclic) bond motifs is 1. The van der Waals surface area contributed by atoms with Crippen LogP contribution in [0.1, 0.15) is 30.3 Å². The molecule has 1 aliphatic heterocycles. The molecule has 0 amide bonds. The Kier molecular flexibility index (Phi) is 4.77. The van der Waals surface area contributed by atoms with Gasteiger partial charge in [0.05, 0.1) is 30.1 Å². The number of pyridine rings is 1. The van der Waals surface area contributed by atoms with E-state index in [2.05, 4.69) is 16.0 Å². The third-order valence-electron chi connectivity index (χ3n) is 4.98. The van der Waals surface area contributed by atoms with Gasteiger partial charge in [-0.1, -0.05) is 18.2 Å². The number of aliphatic hydroxyl groups excluding tert-OH is 1. The molecule has 0 spiro atoms. The molecule has 0 saturated carbocycles. The van der Waals surface area contributed by atoms with Gasteiger partial charge in [0, 0.05) is 18.9 Å². The van der Waals surface area contributed by atoms with Crippen molar-refractivity contribution in [3.63, 3.8) is 0 Å². The summed E-state index contributed by atoms with van der Waals surface area (Å²) in [6.07, 6.45) is 5.67. The first kappa shape index (κ1) is 16.9. The van der Waals surface area contributed by atoms with Gasteiger partial charge in [0.25, 0.3) is 5.56 Å². The van der Waals surface area contributed by atoms with Crippen LogP contribution in [0, 0.1) is 0 Å². The monoisotopic (exact) mass is 350 g/mol. The summed E-state index contributed by atoms with van der Waals surface area (Å²) < 4.78 is 1.65. The summed E-state index contributed by atoms with van der Waals surface area (Å²) in [4.78, 5) is 24.3. The summed E-state index contributed by atoms with van der Waals surface area (Å²) >= 11 is 0. The van der Waals surface area contributed by atoms with Gasteiger partial charge in [-0.3, -0.25) is 19.2 Å². The molecule has 3 aromatic rings. The lowest BCUT2D eigenvalue weighted by molar-refractivity contribution is 0.223. The van der Waals surface area contributed by atoms with Crippen molar-refractivity contribution in [2.75, 3.05) is 13.2 Å². The highest BCUT2D eigenvalue weighted by Gasteiger charge is 2.30. The highest BCUT2D eigenvalue weighted by Crippen LogP contribution is 2.32. The number of aromatic nitrogens is 3. The number of nitrogens with zero attached hydrogens (tertiary/aromatic N) is 4. The second kappa shape index (κ2) is 7.35. The van der Waals surface area contributed by atoms with Crippen molar-refractivity contribution in [3.05, 3.63) is 70.5 Å². The molecule has 1 unspecified atom stereocenters. The van der Waals surface area contributed by atoms with Crippen molar-refractivity contribution in [2.45, 2.75) is 32.0 Å². The average molecular weight is 350 g/mol. The topological polar surface area (TPSA) is 71.2 Å². The fourth-order valence-electron chi connectivity index (χ4n) is 3.79. The molecule has 1 aliphatic rings. The molecular weight excluding hydrogens is 328 g/mol. The summed E-state index contributed by atoms with van der Waals surface area (Å²) in [6.45, 7) is 1.92. The molecule has 0 aliphatic carbocycles. The standard InChI is InChI=1S/C20H22N4O2/c25-12-11-24-19(22-17-7-2-1-6-16(17)20(24)26)18-8-4-10-23(18)14-15-5-3-9-21-13-15/h1-3,5-7,9,13,18,25H,4,8,10-12,14H2. The largest absolute Gasteiger partial charge is 0.395 e. The summed E-state index contributed by atoms with van der Waals surface area (Å²) in [5.41, 5.74) is 1.79. The zero-order valence-electron chi connectivity index (χ0n) is 14.6. The van der Waals surface area contributed by atoms with Crippen molar-refractivity contribution in [2.24, 2.45) is 0 Å². The van der Waals surface area contributed by atoms with Gasteiger partial charge in [0.15, 0.2) is 0 Å². The van der Waals surface area contributed by atoms with Gasteiger partial charge in [-0.25, -0.2) is 4.98 Å². The van der Waals surface area contributed by atoms with Gasteiger partial charge in [-0.05, 0) is 43.1 Å². The summed E-state index contributed by atoms with van der Waals surface area (Å²) in [7, 11) is 0. The zero-order valence-corrected chi connectivity index (χ0v) is 14.6. The summed E-state index contributed by atoms with van der Waals surface area (Å²) in [5.74, 6) is 0.754. The van der Waals surface area contributed by atoms with Gasteiger partial charge in [0.1, 0.15) is 5.82 Å². The molecular formula is C20H22N4O2. The van der Waals surface area contributed by atoms with Crippen molar-refractivity contribution in [1.82, 2.24) is 19.4 Å². The van der Waals surface area contributed by atoms with E-state index in [4.69, 9.17) is 4.98 Å². The van der Waals surface area contributed by atoms with Crippen LogP contribution in [0.15, 0.2) is 53.6 Å². The molecule has 2 aromatic heterocycles. The lowest BCUT2D eigenvalue weighted by Gasteiger charge is -2.26. The van der Waals surface area contributed by atoms with Crippen LogP contribution in [0.25, 0.3) is 10.9 Å². The van der Waals surface area contributed by atoms with Gasteiger partial charge in [-0.2, -0.15) is 0 Å². The Hall–Kier alpha value is -2.57. The number of hydrogen-bond acceptors (Lipinski definition) is 5. The van der Waals surface area contributed by atoms with E-state index in [0.717, 1.165) is 42.8 Å². The van der Waals surface area contributed by atoms with E-state index in [-0.39, 0.29) is 24.8 Å². The van der Waals surface area contributed by atoms with E-state index in [0.29, 0.717) is 5.39 Å². The average Bonchev–Trinajstić information content (AvgIpc) is 3.13. The number of likely N-dealkylation sites (tertiary alicyclic amines) is 1. The maximum Gasteiger partial charge on any atom is 0.261 e. The molecule has 6 nitrogen and oxygen atoms in total. The first-order chi connectivity index (χ1) is 12.8. The van der Waals surface area contributed by atoms with Gasteiger partial charge in [0.2, 0.25) is 0 Å². The number of rotatable bonds is 5. The van der Waals surface area contributed by atoms with Crippen LogP contribution in [-0.2, 0) is 13.1 Å². The fourth-order valence-corrected chi connectivity index (χ4v) is 3.79. The molecule has 3 heterocycles. The Morgan fingerprint density at radius 2 is 2.08 bits per heavy atom. The third-order valence-corrected chi connectivity index (χ3v) is 4.98. The lowest BCUT2D eigenvalue weighted by atomic mass is 10.1. The van der Waals surface area contributed by atoms with Crippen molar-refractivity contribution >= 4 is 10.9 Å². The van der Waals surface area contributed by atoms with Crippen LogP contribution in [0.3, 0.4) is 0 Å². The Morgan fingerprint density at radius 1 is 1.19 bits per heavy atom. The Labute approximate surface area is 151 Å². The van der Waals surface area contributed by atoms with E-state index in [1.54, 1.807) is 16.8 Å². The van der Waals surface area contributed by atoms with E-state index >= 15 is 0 Å². The van der Waals surface area contributed by atoms with Crippen LogP contribution in [0.2, 0.25) is 0 Å². The lowest BCUT2D eigenvalue weighted by Crippen LogP contribution is -2.32. The number of aliphatic hydroxyl groups is 1. The van der Waals surface area contributed by atoms with E-state index in [1.165, 1.54) is 0 Å². The smallest absolute Gasteiger partial charge is 0.261 e. The van der Waals surface area contributed by atoms with Gasteiger partial charge >= 0.3 is 0 Å². The summed E-state index contributed by atoms with van der Waals surface area (Å²) in [6, 6.07) is 11.5. The van der Waals surface area contributed by atoms with E-state index < -0.39 is 0 Å². The number of hydrogen-bond donors (Lipinski definition) is 1. The van der Waals surface area contributed by atoms with Crippen LogP contribution in [0.5, 0.6) is 0 Å². The van der Waals surface area contributed by atoms with Crippen molar-refractivity contribution < 1.29 is 5.11 Å². The molecule has 1 atom stereocenters. The maximum atomic E-state index is 12.9. The van der Waals surface area contributed by atoms with Crippen LogP contribution < -0.4 is 5.56 Å². The predicted octanol–water partition coefficient (Wildman–Crippen LogP) is 2.12. The minimum atomic E-state index is -0.0811. The highest BCUT2D eigenvalue weighted by atomic mass is 16.3. The first-order valence-electron chi connectivity index (χ1n) is 9.01. The molecule has 1 N–H and O–H groups in total. The normalized spacial score (nSPS) is 17.8. The molecule has 4 rings (SSSR count). The quantitative estimate of drug-likeness (QED) is 0.763. The Bertz CT molecular complexity index is 955. The molecule has 1 aromatic carbocycles. The van der Waals surface area contributed by atoms with Crippen LogP contribution in [0.4, 0.5) is 0 Å². The highest BCUT2D eigenvalue weighted by molar-refractivity contribution is 5.77. The minimum Gasteiger partial charge on any atom is -0.395 e. The molecule has 0 radical (unpaired) electrons. The maximum absolute atomic E-state index is 12.9. The predicted molar refractivity (Wildman–Crippen MR) is 99.7 cm³/mol. The van der Waals surface area contributed by atoms with E-state index in [9.17, 15) is 9.90 Å². The second-order valence-electron chi connectivity index (χ2n) is 6.66. The van der Waals surface area contributed by atoms with Gasteiger partial charge in [-0.15, -0.1) is 0 Å². The van der Waals surface area contributed by atoms with E-state index in [1.807, 2.05) is 30.5 Å². The first-order valence-corrected chi connectivity index (χ1v) is 9.01. The van der Waals surface area contributed by atoms with Crippen LogP contribution in [-0.4, -0.2) is 37.7 Å². The number of benzene rings is 1. The molecule has 26 heavy (non-hydrogen) atoms. The zero-order chi connectivity index (χ0) is 17.9. The molecule has 0 bridgehead atoms. The molecule has 1 fully saturated rings. The Morgan fingerprint density at radius 3 is 2.88 bits per heavy atom. The third kappa shape index (κ3) is 3.13. The second-order valence-corrected chi connectivity index (χ2v) is 6.66. The molecule has 1 saturated heterocycles. The van der Waals surface area contributed by atoms with Crippen LogP contribution >= 0.6 is 0 Å². The van der Waals surface area contributed by atoms with Gasteiger partial charge < -0.3 is 5.11 Å². The fraction of sp³-hybridized carbons (Fsp3) is 0.350. The van der Waals surface area contributed by atoms with Crippen molar-refractivity contribution in [3.8, 4) is 0 Å². The molecule has 6 heteroatoms. The molecule has 134 valence electrons. The van der Waals surface area contributed by atoms with Crippen molar-refractivity contribution in [1.29, 1.82) is 0 Å². The Balaban J connectivity index is 1.76.